The average Bonchev–Trinajstić information content (AvgIpc) is 2.82. The molecule has 1 aliphatic heterocycles. The molecule has 1 aliphatic carbocycles. The van der Waals surface area contributed by atoms with Crippen LogP contribution < -0.4 is 5.32 Å². The van der Waals surface area contributed by atoms with E-state index in [0.29, 0.717) is 12.6 Å². The van der Waals surface area contributed by atoms with E-state index in [1.54, 1.807) is 0 Å². The molecule has 0 aromatic rings. The molecule has 1 heterocycles. The lowest BCUT2D eigenvalue weighted by Gasteiger charge is -2.38. The molecule has 0 aromatic heterocycles. The Labute approximate surface area is 105 Å². The minimum atomic E-state index is 0.597. The first-order valence-electron chi connectivity index (χ1n) is 7.17. The van der Waals surface area contributed by atoms with E-state index in [4.69, 9.17) is 5.26 Å². The summed E-state index contributed by atoms with van der Waals surface area (Å²) in [5.74, 6) is 0.774. The van der Waals surface area contributed by atoms with Crippen LogP contribution in [0.3, 0.4) is 0 Å². The van der Waals surface area contributed by atoms with Crippen LogP contribution >= 0.6 is 0 Å². The summed E-state index contributed by atoms with van der Waals surface area (Å²) >= 11 is 0. The van der Waals surface area contributed by atoms with E-state index in [2.05, 4.69) is 23.2 Å². The lowest BCUT2D eigenvalue weighted by molar-refractivity contribution is 0.146. The third-order valence-electron chi connectivity index (χ3n) is 4.31. The minimum Gasteiger partial charge on any atom is -0.310 e. The molecule has 1 saturated heterocycles. The van der Waals surface area contributed by atoms with Crippen LogP contribution in [0.2, 0.25) is 0 Å². The maximum absolute atomic E-state index is 8.84. The molecule has 0 spiro atoms. The van der Waals surface area contributed by atoms with Gasteiger partial charge in [0.1, 0.15) is 0 Å². The number of nitriles is 1. The van der Waals surface area contributed by atoms with Crippen LogP contribution in [0.4, 0.5) is 0 Å². The Balaban J connectivity index is 1.84. The third-order valence-corrected chi connectivity index (χ3v) is 4.31. The number of nitrogens with zero attached hydrogens (tertiary/aromatic N) is 2. The molecule has 2 fully saturated rings. The SMILES string of the molecule is CCC1CC(NC2CCCC2)CN(CC#N)C1. The first kappa shape index (κ1) is 12.9. The van der Waals surface area contributed by atoms with Gasteiger partial charge in [-0.05, 0) is 25.2 Å². The summed E-state index contributed by atoms with van der Waals surface area (Å²) in [6.45, 7) is 5.06. The zero-order valence-electron chi connectivity index (χ0n) is 11.0. The summed E-state index contributed by atoms with van der Waals surface area (Å²) in [6, 6.07) is 3.66. The first-order valence-corrected chi connectivity index (χ1v) is 7.17. The van der Waals surface area contributed by atoms with Crippen molar-refractivity contribution in [2.45, 2.75) is 57.5 Å². The van der Waals surface area contributed by atoms with Crippen molar-refractivity contribution in [1.29, 1.82) is 5.26 Å². The summed E-state index contributed by atoms with van der Waals surface area (Å²) in [7, 11) is 0. The number of likely N-dealkylation sites (tertiary alicyclic amines) is 1. The van der Waals surface area contributed by atoms with Crippen LogP contribution in [-0.2, 0) is 0 Å². The highest BCUT2D eigenvalue weighted by Gasteiger charge is 2.28. The van der Waals surface area contributed by atoms with E-state index >= 15 is 0 Å². The van der Waals surface area contributed by atoms with E-state index in [-0.39, 0.29) is 0 Å². The van der Waals surface area contributed by atoms with Crippen molar-refractivity contribution < 1.29 is 0 Å². The molecular weight excluding hydrogens is 210 g/mol. The van der Waals surface area contributed by atoms with Crippen molar-refractivity contribution in [1.82, 2.24) is 10.2 Å². The fraction of sp³-hybridized carbons (Fsp3) is 0.929. The zero-order chi connectivity index (χ0) is 12.1. The second-order valence-electron chi connectivity index (χ2n) is 5.71. The van der Waals surface area contributed by atoms with Crippen molar-refractivity contribution in [3.05, 3.63) is 0 Å². The first-order chi connectivity index (χ1) is 8.31. The monoisotopic (exact) mass is 235 g/mol. The molecule has 0 aromatic carbocycles. The van der Waals surface area contributed by atoms with Gasteiger partial charge in [-0.3, -0.25) is 4.90 Å². The quantitative estimate of drug-likeness (QED) is 0.759. The van der Waals surface area contributed by atoms with Gasteiger partial charge in [-0.2, -0.15) is 5.26 Å². The van der Waals surface area contributed by atoms with Crippen LogP contribution in [0.1, 0.15) is 45.4 Å². The molecule has 3 nitrogen and oxygen atoms in total. The summed E-state index contributed by atoms with van der Waals surface area (Å²) in [6.07, 6.45) is 8.03. The summed E-state index contributed by atoms with van der Waals surface area (Å²) < 4.78 is 0. The van der Waals surface area contributed by atoms with Gasteiger partial charge in [0, 0.05) is 25.2 Å². The normalized spacial score (nSPS) is 31.5. The summed E-state index contributed by atoms with van der Waals surface area (Å²) in [5, 5.41) is 12.7. The van der Waals surface area contributed by atoms with Gasteiger partial charge >= 0.3 is 0 Å². The third kappa shape index (κ3) is 3.69. The molecule has 2 aliphatic rings. The highest BCUT2D eigenvalue weighted by molar-refractivity contribution is 4.89. The molecule has 2 atom stereocenters. The number of hydrogen-bond donors (Lipinski definition) is 1. The maximum Gasteiger partial charge on any atom is 0.0866 e. The molecule has 0 bridgehead atoms. The van der Waals surface area contributed by atoms with Gasteiger partial charge in [-0.1, -0.05) is 26.2 Å². The highest BCUT2D eigenvalue weighted by Crippen LogP contribution is 2.23. The predicted octanol–water partition coefficient (Wildman–Crippen LogP) is 2.14. The Morgan fingerprint density at radius 2 is 2.00 bits per heavy atom. The van der Waals surface area contributed by atoms with Gasteiger partial charge in [0.15, 0.2) is 0 Å². The van der Waals surface area contributed by atoms with Crippen LogP contribution in [0.15, 0.2) is 0 Å². The summed E-state index contributed by atoms with van der Waals surface area (Å²) in [4.78, 5) is 2.32. The summed E-state index contributed by atoms with van der Waals surface area (Å²) in [5.41, 5.74) is 0. The van der Waals surface area contributed by atoms with Crippen LogP contribution in [0.5, 0.6) is 0 Å². The van der Waals surface area contributed by atoms with Crippen molar-refractivity contribution in [2.75, 3.05) is 19.6 Å². The molecule has 96 valence electrons. The Morgan fingerprint density at radius 3 is 2.65 bits per heavy atom. The molecule has 2 rings (SSSR count). The molecule has 0 amide bonds. The Kier molecular flexibility index (Phi) is 4.82. The minimum absolute atomic E-state index is 0.597. The van der Waals surface area contributed by atoms with Crippen LogP contribution in [0, 0.1) is 17.2 Å². The van der Waals surface area contributed by atoms with Gasteiger partial charge in [0.25, 0.3) is 0 Å². The highest BCUT2D eigenvalue weighted by atomic mass is 15.2. The maximum atomic E-state index is 8.84. The van der Waals surface area contributed by atoms with Gasteiger partial charge in [0.2, 0.25) is 0 Å². The van der Waals surface area contributed by atoms with E-state index in [0.717, 1.165) is 25.0 Å². The number of nitrogens with one attached hydrogen (secondary N) is 1. The van der Waals surface area contributed by atoms with Gasteiger partial charge in [-0.25, -0.2) is 0 Å². The van der Waals surface area contributed by atoms with E-state index in [1.165, 1.54) is 38.5 Å². The van der Waals surface area contributed by atoms with Crippen molar-refractivity contribution in [2.24, 2.45) is 5.92 Å². The lowest BCUT2D eigenvalue weighted by atomic mass is 9.91. The van der Waals surface area contributed by atoms with Gasteiger partial charge in [-0.15, -0.1) is 0 Å². The fourth-order valence-corrected chi connectivity index (χ4v) is 3.37. The topological polar surface area (TPSA) is 39.1 Å². The number of piperidine rings is 1. The second kappa shape index (κ2) is 6.37. The van der Waals surface area contributed by atoms with Crippen LogP contribution in [-0.4, -0.2) is 36.6 Å². The van der Waals surface area contributed by atoms with Crippen molar-refractivity contribution in [3.63, 3.8) is 0 Å². The Morgan fingerprint density at radius 1 is 1.24 bits per heavy atom. The molecule has 1 saturated carbocycles. The molecule has 17 heavy (non-hydrogen) atoms. The Bertz CT molecular complexity index is 265. The molecule has 1 N–H and O–H groups in total. The van der Waals surface area contributed by atoms with Gasteiger partial charge < -0.3 is 5.32 Å². The number of rotatable bonds is 4. The van der Waals surface area contributed by atoms with E-state index in [9.17, 15) is 0 Å². The molecule has 2 unspecified atom stereocenters. The zero-order valence-corrected chi connectivity index (χ0v) is 11.0. The molecular formula is C14H25N3. The molecule has 0 radical (unpaired) electrons. The second-order valence-corrected chi connectivity index (χ2v) is 5.71. The average molecular weight is 235 g/mol. The van der Waals surface area contributed by atoms with Crippen molar-refractivity contribution in [3.8, 4) is 6.07 Å². The van der Waals surface area contributed by atoms with E-state index in [1.807, 2.05) is 0 Å². The van der Waals surface area contributed by atoms with E-state index < -0.39 is 0 Å². The number of hydrogen-bond acceptors (Lipinski definition) is 3. The van der Waals surface area contributed by atoms with Crippen LogP contribution in [0.25, 0.3) is 0 Å². The fourth-order valence-electron chi connectivity index (χ4n) is 3.37. The van der Waals surface area contributed by atoms with Gasteiger partial charge in [0.05, 0.1) is 12.6 Å². The Hall–Kier alpha value is -0.590. The molecule has 3 heteroatoms. The lowest BCUT2D eigenvalue weighted by Crippen LogP contribution is -2.51. The smallest absolute Gasteiger partial charge is 0.0866 e. The predicted molar refractivity (Wildman–Crippen MR) is 69.6 cm³/mol. The largest absolute Gasteiger partial charge is 0.310 e. The van der Waals surface area contributed by atoms with Crippen molar-refractivity contribution >= 4 is 0 Å². The standard InChI is InChI=1S/C14H25N3/c1-2-12-9-14(11-17(10-12)8-7-15)16-13-5-3-4-6-13/h12-14,16H,2-6,8-11H2,1H3.